The summed E-state index contributed by atoms with van der Waals surface area (Å²) >= 11 is 0. The summed E-state index contributed by atoms with van der Waals surface area (Å²) in [4.78, 5) is 21.8. The van der Waals surface area contributed by atoms with Crippen LogP contribution in [0.2, 0.25) is 0 Å². The summed E-state index contributed by atoms with van der Waals surface area (Å²) in [5.41, 5.74) is 6.05. The van der Waals surface area contributed by atoms with Crippen molar-refractivity contribution in [3.63, 3.8) is 0 Å². The predicted molar refractivity (Wildman–Crippen MR) is 56.7 cm³/mol. The monoisotopic (exact) mass is 228 g/mol. The highest BCUT2D eigenvalue weighted by atomic mass is 16.5. The van der Waals surface area contributed by atoms with Gasteiger partial charge in [-0.25, -0.2) is 4.79 Å². The minimum Gasteiger partial charge on any atom is -0.478 e. The van der Waals surface area contributed by atoms with Crippen molar-refractivity contribution in [1.82, 2.24) is 5.32 Å². The SMILES string of the molecule is CO[C@@H]1C=C(C(=O)O)C[C@H](N)[C@H]1NC(C)=O. The second-order valence-corrected chi connectivity index (χ2v) is 3.79. The van der Waals surface area contributed by atoms with Gasteiger partial charge in [0, 0.05) is 25.6 Å². The number of methoxy groups -OCH3 is 1. The molecule has 16 heavy (non-hydrogen) atoms. The van der Waals surface area contributed by atoms with Crippen molar-refractivity contribution in [3.8, 4) is 0 Å². The summed E-state index contributed by atoms with van der Waals surface area (Å²) in [6, 6.07) is -0.837. The maximum absolute atomic E-state index is 11.0. The number of carbonyl (C=O) groups excluding carboxylic acids is 1. The van der Waals surface area contributed by atoms with E-state index >= 15 is 0 Å². The molecule has 6 heteroatoms. The molecule has 0 aliphatic heterocycles. The first-order valence-electron chi connectivity index (χ1n) is 4.95. The van der Waals surface area contributed by atoms with Crippen LogP contribution in [0.4, 0.5) is 0 Å². The highest BCUT2D eigenvalue weighted by Gasteiger charge is 2.33. The molecule has 1 aliphatic rings. The average Bonchev–Trinajstić information content (AvgIpc) is 2.19. The van der Waals surface area contributed by atoms with Crippen molar-refractivity contribution in [1.29, 1.82) is 0 Å². The minimum absolute atomic E-state index is 0.213. The molecule has 1 aliphatic carbocycles. The maximum Gasteiger partial charge on any atom is 0.331 e. The molecule has 0 aromatic heterocycles. The van der Waals surface area contributed by atoms with Gasteiger partial charge in [-0.15, -0.1) is 0 Å². The van der Waals surface area contributed by atoms with Crippen molar-refractivity contribution < 1.29 is 19.4 Å². The van der Waals surface area contributed by atoms with Crippen LogP contribution in [0.25, 0.3) is 0 Å². The lowest BCUT2D eigenvalue weighted by Gasteiger charge is -2.33. The highest BCUT2D eigenvalue weighted by molar-refractivity contribution is 5.87. The molecule has 0 saturated heterocycles. The third-order valence-corrected chi connectivity index (χ3v) is 2.55. The summed E-state index contributed by atoms with van der Waals surface area (Å²) in [5.74, 6) is -1.21. The first-order chi connectivity index (χ1) is 7.45. The quantitative estimate of drug-likeness (QED) is 0.590. The van der Waals surface area contributed by atoms with E-state index in [4.69, 9.17) is 15.6 Å². The Balaban J connectivity index is 2.88. The molecule has 0 saturated carbocycles. The van der Waals surface area contributed by atoms with E-state index in [0.29, 0.717) is 0 Å². The molecule has 0 radical (unpaired) electrons. The number of ether oxygens (including phenoxy) is 1. The standard InChI is InChI=1S/C10H16N2O4/c1-5(13)12-9-7(11)3-6(10(14)15)4-8(9)16-2/h4,7-9H,3,11H2,1-2H3,(H,12,13)(H,14,15)/t7-,8+,9+/m0/s1. The molecule has 6 nitrogen and oxygen atoms in total. The summed E-state index contributed by atoms with van der Waals surface area (Å²) in [7, 11) is 1.45. The number of nitrogens with two attached hydrogens (primary N) is 1. The van der Waals surface area contributed by atoms with Crippen molar-refractivity contribution in [2.24, 2.45) is 5.73 Å². The predicted octanol–water partition coefficient (Wildman–Crippen LogP) is -0.752. The van der Waals surface area contributed by atoms with Crippen LogP contribution in [0, 0.1) is 0 Å². The number of carbonyl (C=O) groups is 2. The summed E-state index contributed by atoms with van der Waals surface area (Å²) in [6.07, 6.45) is 1.21. The van der Waals surface area contributed by atoms with E-state index < -0.39 is 18.1 Å². The number of rotatable bonds is 3. The molecule has 90 valence electrons. The Bertz CT molecular complexity index is 327. The zero-order chi connectivity index (χ0) is 12.3. The third kappa shape index (κ3) is 2.80. The van der Waals surface area contributed by atoms with Gasteiger partial charge in [-0.2, -0.15) is 0 Å². The first-order valence-corrected chi connectivity index (χ1v) is 4.95. The van der Waals surface area contributed by atoms with Crippen molar-refractivity contribution in [3.05, 3.63) is 11.6 Å². The molecular weight excluding hydrogens is 212 g/mol. The van der Waals surface area contributed by atoms with Gasteiger partial charge in [0.25, 0.3) is 0 Å². The molecule has 1 rings (SSSR count). The second-order valence-electron chi connectivity index (χ2n) is 3.79. The van der Waals surface area contributed by atoms with E-state index in [2.05, 4.69) is 5.32 Å². The van der Waals surface area contributed by atoms with Gasteiger partial charge in [0.1, 0.15) is 0 Å². The van der Waals surface area contributed by atoms with Crippen LogP contribution in [-0.4, -0.2) is 42.3 Å². The number of aliphatic carboxylic acids is 1. The van der Waals surface area contributed by atoms with Crippen LogP contribution < -0.4 is 11.1 Å². The Hall–Kier alpha value is -1.40. The fraction of sp³-hybridized carbons (Fsp3) is 0.600. The number of nitrogens with one attached hydrogen (secondary N) is 1. The van der Waals surface area contributed by atoms with Gasteiger partial charge >= 0.3 is 5.97 Å². The minimum atomic E-state index is -1.00. The average molecular weight is 228 g/mol. The smallest absolute Gasteiger partial charge is 0.331 e. The molecule has 4 N–H and O–H groups in total. The number of amides is 1. The number of hydrogen-bond acceptors (Lipinski definition) is 4. The van der Waals surface area contributed by atoms with Gasteiger partial charge in [0.15, 0.2) is 0 Å². The Morgan fingerprint density at radius 2 is 2.25 bits per heavy atom. The largest absolute Gasteiger partial charge is 0.478 e. The fourth-order valence-corrected chi connectivity index (χ4v) is 1.79. The summed E-state index contributed by atoms with van der Waals surface area (Å²) in [6.45, 7) is 1.38. The van der Waals surface area contributed by atoms with Crippen molar-refractivity contribution in [2.75, 3.05) is 7.11 Å². The maximum atomic E-state index is 11.0. The lowest BCUT2D eigenvalue weighted by Crippen LogP contribution is -2.56. The van der Waals surface area contributed by atoms with Crippen LogP contribution in [0.15, 0.2) is 11.6 Å². The molecule has 0 unspecified atom stereocenters. The summed E-state index contributed by atoms with van der Waals surface area (Å²) < 4.78 is 5.12. The van der Waals surface area contributed by atoms with Gasteiger partial charge in [-0.3, -0.25) is 4.79 Å². The van der Waals surface area contributed by atoms with Gasteiger partial charge in [0.2, 0.25) is 5.91 Å². The molecule has 0 heterocycles. The molecule has 1 amide bonds. The molecule has 0 bridgehead atoms. The molecular formula is C10H16N2O4. The van der Waals surface area contributed by atoms with Gasteiger partial charge in [-0.1, -0.05) is 0 Å². The van der Waals surface area contributed by atoms with Crippen molar-refractivity contribution >= 4 is 11.9 Å². The second kappa shape index (κ2) is 5.09. The van der Waals surface area contributed by atoms with Gasteiger partial charge < -0.3 is 20.9 Å². The van der Waals surface area contributed by atoms with Crippen LogP contribution in [0.5, 0.6) is 0 Å². The van der Waals surface area contributed by atoms with E-state index in [-0.39, 0.29) is 23.9 Å². The van der Waals surface area contributed by atoms with E-state index in [1.165, 1.54) is 20.1 Å². The number of hydrogen-bond donors (Lipinski definition) is 3. The zero-order valence-electron chi connectivity index (χ0n) is 9.27. The third-order valence-electron chi connectivity index (χ3n) is 2.55. The highest BCUT2D eigenvalue weighted by Crippen LogP contribution is 2.20. The van der Waals surface area contributed by atoms with Gasteiger partial charge in [0.05, 0.1) is 12.1 Å². The molecule has 0 aromatic rings. The molecule has 3 atom stereocenters. The van der Waals surface area contributed by atoms with Crippen LogP contribution in [0.1, 0.15) is 13.3 Å². The van der Waals surface area contributed by atoms with E-state index in [9.17, 15) is 9.59 Å². The first kappa shape index (κ1) is 12.7. The zero-order valence-corrected chi connectivity index (χ0v) is 9.27. The lowest BCUT2D eigenvalue weighted by molar-refractivity contribution is -0.133. The van der Waals surface area contributed by atoms with Crippen LogP contribution >= 0.6 is 0 Å². The van der Waals surface area contributed by atoms with E-state index in [0.717, 1.165) is 0 Å². The molecule has 0 aromatic carbocycles. The van der Waals surface area contributed by atoms with Gasteiger partial charge in [-0.05, 0) is 12.5 Å². The van der Waals surface area contributed by atoms with Crippen LogP contribution in [-0.2, 0) is 14.3 Å². The Morgan fingerprint density at radius 1 is 1.62 bits per heavy atom. The fourth-order valence-electron chi connectivity index (χ4n) is 1.79. The Labute approximate surface area is 93.4 Å². The van der Waals surface area contributed by atoms with Crippen LogP contribution in [0.3, 0.4) is 0 Å². The lowest BCUT2D eigenvalue weighted by atomic mass is 9.88. The van der Waals surface area contributed by atoms with E-state index in [1.807, 2.05) is 0 Å². The topological polar surface area (TPSA) is 102 Å². The molecule has 0 fully saturated rings. The number of carboxylic acids is 1. The Morgan fingerprint density at radius 3 is 2.69 bits per heavy atom. The Kier molecular flexibility index (Phi) is 4.03. The van der Waals surface area contributed by atoms with Crippen molar-refractivity contribution in [2.45, 2.75) is 31.5 Å². The van der Waals surface area contributed by atoms with E-state index in [1.54, 1.807) is 0 Å². The normalized spacial score (nSPS) is 29.4. The number of carboxylic acid groups (broad SMARTS) is 1. The summed E-state index contributed by atoms with van der Waals surface area (Å²) in [5, 5.41) is 11.5. The molecule has 0 spiro atoms.